The van der Waals surface area contributed by atoms with E-state index in [2.05, 4.69) is 24.9 Å². The highest BCUT2D eigenvalue weighted by Gasteiger charge is 2.28. The van der Waals surface area contributed by atoms with E-state index in [1.807, 2.05) is 0 Å². The van der Waals surface area contributed by atoms with Crippen LogP contribution in [-0.4, -0.2) is 45.9 Å². The minimum Gasteiger partial charge on any atom is -0.471 e. The second-order valence-corrected chi connectivity index (χ2v) is 9.98. The van der Waals surface area contributed by atoms with E-state index in [1.54, 1.807) is 18.3 Å². The van der Waals surface area contributed by atoms with Crippen molar-refractivity contribution in [1.82, 2.24) is 20.2 Å². The highest BCUT2D eigenvalue weighted by atomic mass is 35.5. The molecule has 0 aliphatic heterocycles. The number of sulfonamides is 1. The van der Waals surface area contributed by atoms with Gasteiger partial charge in [-0.3, -0.25) is 9.82 Å². The maximum absolute atomic E-state index is 14.0. The van der Waals surface area contributed by atoms with Gasteiger partial charge in [0.25, 0.3) is 10.0 Å². The number of hydrogen-bond acceptors (Lipinski definition) is 7. The maximum atomic E-state index is 14.0. The summed E-state index contributed by atoms with van der Waals surface area (Å²) >= 11 is 5.82. The third-order valence-electron chi connectivity index (χ3n) is 5.53. The Morgan fingerprint density at radius 1 is 1.15 bits per heavy atom. The normalized spacial score (nSPS) is 18.3. The Kier molecular flexibility index (Phi) is 5.84. The molecule has 0 spiro atoms. The van der Waals surface area contributed by atoms with Crippen molar-refractivity contribution in [2.24, 2.45) is 0 Å². The number of H-pyrrole nitrogens is 1. The van der Waals surface area contributed by atoms with Gasteiger partial charge < -0.3 is 9.84 Å². The molecule has 5 rings (SSSR count). The summed E-state index contributed by atoms with van der Waals surface area (Å²) in [6.45, 7) is 0. The van der Waals surface area contributed by atoms with E-state index < -0.39 is 26.8 Å². The Balaban J connectivity index is 1.42. The molecule has 3 N–H and O–H groups in total. The van der Waals surface area contributed by atoms with Crippen LogP contribution in [-0.2, 0) is 10.0 Å². The first-order valence-corrected chi connectivity index (χ1v) is 12.3. The number of aromatic amines is 1. The van der Waals surface area contributed by atoms with Gasteiger partial charge in [0, 0.05) is 16.3 Å². The lowest BCUT2D eigenvalue weighted by Crippen LogP contribution is -2.26. The molecule has 4 aromatic rings. The van der Waals surface area contributed by atoms with Crippen molar-refractivity contribution in [2.45, 2.75) is 36.4 Å². The molecule has 0 bridgehead atoms. The van der Waals surface area contributed by atoms with E-state index in [1.165, 1.54) is 18.2 Å². The van der Waals surface area contributed by atoms with Crippen molar-refractivity contribution in [1.29, 1.82) is 0 Å². The van der Waals surface area contributed by atoms with Crippen LogP contribution in [0.3, 0.4) is 0 Å². The Hall–Kier alpha value is -3.28. The van der Waals surface area contributed by atoms with Crippen molar-refractivity contribution in [3.63, 3.8) is 0 Å². The summed E-state index contributed by atoms with van der Waals surface area (Å²) in [6, 6.07) is 9.58. The van der Waals surface area contributed by atoms with Gasteiger partial charge in [-0.05, 0) is 61.7 Å². The molecule has 1 aliphatic carbocycles. The molecule has 2 aromatic carbocycles. The zero-order valence-corrected chi connectivity index (χ0v) is 19.1. The highest BCUT2D eigenvalue weighted by Crippen LogP contribution is 2.30. The molecule has 9 nitrogen and oxygen atoms in total. The number of nitrogens with zero attached hydrogens (tertiary/aromatic N) is 3. The molecular weight excluding hydrogens is 485 g/mol. The number of nitrogens with one attached hydrogen (secondary N) is 2. The molecule has 0 amide bonds. The van der Waals surface area contributed by atoms with Crippen molar-refractivity contribution in [3.05, 3.63) is 59.5 Å². The van der Waals surface area contributed by atoms with Crippen LogP contribution >= 0.6 is 11.6 Å². The maximum Gasteiger partial charge on any atom is 0.264 e. The number of benzene rings is 2. The molecule has 0 radical (unpaired) electrons. The van der Waals surface area contributed by atoms with E-state index in [4.69, 9.17) is 16.3 Å². The van der Waals surface area contributed by atoms with Crippen LogP contribution in [0.1, 0.15) is 19.3 Å². The average molecular weight is 504 g/mol. The molecule has 2 atom stereocenters. The quantitative estimate of drug-likeness (QED) is 0.363. The smallest absolute Gasteiger partial charge is 0.264 e. The van der Waals surface area contributed by atoms with Gasteiger partial charge in [0.15, 0.2) is 11.5 Å². The van der Waals surface area contributed by atoms with Gasteiger partial charge >= 0.3 is 0 Å². The summed E-state index contributed by atoms with van der Waals surface area (Å²) < 4.78 is 47.5. The Morgan fingerprint density at radius 2 is 1.94 bits per heavy atom. The summed E-state index contributed by atoms with van der Waals surface area (Å²) in [5.74, 6) is -0.273. The number of aliphatic hydroxyl groups excluding tert-OH is 1. The summed E-state index contributed by atoms with van der Waals surface area (Å²) in [5, 5.41) is 17.6. The largest absolute Gasteiger partial charge is 0.471 e. The number of aliphatic hydroxyl groups is 1. The number of ether oxygens (including phenoxy) is 1. The van der Waals surface area contributed by atoms with Gasteiger partial charge in [0.2, 0.25) is 5.88 Å². The van der Waals surface area contributed by atoms with E-state index >= 15 is 0 Å². The molecular formula is C22H19ClFN5O4S. The highest BCUT2D eigenvalue weighted by molar-refractivity contribution is 7.92. The van der Waals surface area contributed by atoms with E-state index in [9.17, 15) is 17.9 Å². The molecule has 1 saturated carbocycles. The van der Waals surface area contributed by atoms with Crippen LogP contribution in [0, 0.1) is 5.82 Å². The lowest BCUT2D eigenvalue weighted by atomic mass is 10.2. The molecule has 0 saturated heterocycles. The van der Waals surface area contributed by atoms with Crippen molar-refractivity contribution < 1.29 is 22.7 Å². The van der Waals surface area contributed by atoms with Crippen molar-refractivity contribution in [2.75, 3.05) is 4.72 Å². The van der Waals surface area contributed by atoms with Gasteiger partial charge in [-0.15, -0.1) is 0 Å². The lowest BCUT2D eigenvalue weighted by Gasteiger charge is -2.17. The van der Waals surface area contributed by atoms with E-state index in [0.29, 0.717) is 34.7 Å². The third kappa shape index (κ3) is 4.41. The second kappa shape index (κ2) is 8.82. The number of fused-ring (bicyclic) bond motifs is 1. The fourth-order valence-electron chi connectivity index (χ4n) is 3.80. The van der Waals surface area contributed by atoms with Crippen LogP contribution in [0.15, 0.2) is 53.6 Å². The average Bonchev–Trinajstić information content (AvgIpc) is 3.44. The third-order valence-corrected chi connectivity index (χ3v) is 7.16. The standard InChI is InChI=1S/C22H19ClFN5O4S/c23-13-6-9-16(24)19(10-13)34(31,32)29-14-7-4-12(5-8-14)20-26-21-15(11-25-28-21)22(27-20)33-18-3-1-2-17(18)30/h4-11,17-18,29-30H,1-3H2,(H,25,26,27,28)/t17-,18-/m1/s1. The van der Waals surface area contributed by atoms with Gasteiger partial charge in [0.05, 0.1) is 12.3 Å². The summed E-state index contributed by atoms with van der Waals surface area (Å²) in [7, 11) is -4.19. The SMILES string of the molecule is O=S(=O)(Nc1ccc(-c2nc(O[C@@H]3CCC[C@H]3O)c3cn[nH]c3n2)cc1)c1cc(Cl)ccc1F. The zero-order valence-electron chi connectivity index (χ0n) is 17.6. The fraction of sp³-hybridized carbons (Fsp3) is 0.227. The predicted molar refractivity (Wildman–Crippen MR) is 124 cm³/mol. The number of aromatic nitrogens is 4. The molecule has 0 unspecified atom stereocenters. The number of rotatable bonds is 6. The van der Waals surface area contributed by atoms with E-state index in [0.717, 1.165) is 25.0 Å². The topological polar surface area (TPSA) is 130 Å². The fourth-order valence-corrected chi connectivity index (χ4v) is 5.20. The summed E-state index contributed by atoms with van der Waals surface area (Å²) in [5.41, 5.74) is 1.27. The molecule has 12 heteroatoms. The van der Waals surface area contributed by atoms with Crippen LogP contribution in [0.25, 0.3) is 22.4 Å². The molecule has 2 aromatic heterocycles. The minimum atomic E-state index is -4.19. The minimum absolute atomic E-state index is 0.103. The Labute approximate surface area is 199 Å². The predicted octanol–water partition coefficient (Wildman–Crippen LogP) is 3.91. The first-order chi connectivity index (χ1) is 16.3. The van der Waals surface area contributed by atoms with Crippen LogP contribution in [0.2, 0.25) is 5.02 Å². The lowest BCUT2D eigenvalue weighted by molar-refractivity contribution is 0.0585. The Morgan fingerprint density at radius 3 is 2.68 bits per heavy atom. The number of anilines is 1. The van der Waals surface area contributed by atoms with Crippen molar-refractivity contribution in [3.8, 4) is 17.3 Å². The molecule has 176 valence electrons. The van der Waals surface area contributed by atoms with Crippen LogP contribution in [0.4, 0.5) is 10.1 Å². The molecule has 2 heterocycles. The van der Waals surface area contributed by atoms with Gasteiger partial charge in [-0.25, -0.2) is 17.8 Å². The number of hydrogen-bond donors (Lipinski definition) is 3. The van der Waals surface area contributed by atoms with Crippen LogP contribution < -0.4 is 9.46 Å². The van der Waals surface area contributed by atoms with Crippen molar-refractivity contribution >= 4 is 38.3 Å². The summed E-state index contributed by atoms with van der Waals surface area (Å²) in [4.78, 5) is 8.42. The zero-order chi connectivity index (χ0) is 23.9. The van der Waals surface area contributed by atoms with Gasteiger partial charge in [-0.1, -0.05) is 11.6 Å². The first kappa shape index (κ1) is 22.5. The summed E-state index contributed by atoms with van der Waals surface area (Å²) in [6.07, 6.45) is 2.91. The van der Waals surface area contributed by atoms with Crippen LogP contribution in [0.5, 0.6) is 5.88 Å². The molecule has 34 heavy (non-hydrogen) atoms. The van der Waals surface area contributed by atoms with E-state index in [-0.39, 0.29) is 16.8 Å². The molecule has 1 fully saturated rings. The first-order valence-electron chi connectivity index (χ1n) is 10.4. The molecule has 1 aliphatic rings. The Bertz CT molecular complexity index is 1460. The van der Waals surface area contributed by atoms with Gasteiger partial charge in [-0.2, -0.15) is 10.1 Å². The number of halogens is 2. The monoisotopic (exact) mass is 503 g/mol. The second-order valence-electron chi connectivity index (χ2n) is 7.90. The van der Waals surface area contributed by atoms with Gasteiger partial charge in [0.1, 0.15) is 22.2 Å².